The average Bonchev–Trinajstić information content (AvgIpc) is 3.14. The fourth-order valence-corrected chi connectivity index (χ4v) is 4.89. The molecule has 0 spiro atoms. The first-order valence-corrected chi connectivity index (χ1v) is 11.4. The molecule has 0 radical (unpaired) electrons. The summed E-state index contributed by atoms with van der Waals surface area (Å²) in [4.78, 5) is 5.80. The van der Waals surface area contributed by atoms with Crippen molar-refractivity contribution in [3.63, 3.8) is 0 Å². The van der Waals surface area contributed by atoms with Crippen LogP contribution in [-0.4, -0.2) is 55.0 Å². The first kappa shape index (κ1) is 23.7. The number of ether oxygens (including phenoxy) is 1. The highest BCUT2D eigenvalue weighted by atomic mass is 19.4. The minimum absolute atomic E-state index is 0.265. The van der Waals surface area contributed by atoms with Gasteiger partial charge in [0.2, 0.25) is 5.88 Å². The molecule has 1 aromatic heterocycles. The molecular formula is C25H29F4N3O. The lowest BCUT2D eigenvalue weighted by molar-refractivity contribution is -0.155. The zero-order chi connectivity index (χ0) is 23.4. The second-order valence-corrected chi connectivity index (χ2v) is 8.65. The van der Waals surface area contributed by atoms with E-state index in [0.717, 1.165) is 22.3 Å². The van der Waals surface area contributed by atoms with Gasteiger partial charge in [-0.3, -0.25) is 9.29 Å². The van der Waals surface area contributed by atoms with E-state index in [2.05, 4.69) is 22.4 Å². The lowest BCUT2D eigenvalue weighted by Crippen LogP contribution is -2.45. The van der Waals surface area contributed by atoms with E-state index in [9.17, 15) is 17.6 Å². The summed E-state index contributed by atoms with van der Waals surface area (Å²) in [6.45, 7) is 1.98. The van der Waals surface area contributed by atoms with Crippen LogP contribution >= 0.6 is 0 Å². The number of aromatic nitrogens is 1. The Balaban J connectivity index is 1.60. The molecule has 0 saturated heterocycles. The molecule has 0 saturated carbocycles. The second-order valence-electron chi connectivity index (χ2n) is 8.65. The Morgan fingerprint density at radius 1 is 1.18 bits per heavy atom. The number of hydrogen-bond acceptors (Lipinski definition) is 4. The van der Waals surface area contributed by atoms with E-state index in [4.69, 9.17) is 4.74 Å². The number of halogens is 4. The fraction of sp³-hybridized carbons (Fsp3) is 0.480. The Labute approximate surface area is 191 Å². The quantitative estimate of drug-likeness (QED) is 0.414. The highest BCUT2D eigenvalue weighted by molar-refractivity contribution is 5.78. The first-order chi connectivity index (χ1) is 15.9. The Kier molecular flexibility index (Phi) is 7.34. The van der Waals surface area contributed by atoms with Gasteiger partial charge in [0.1, 0.15) is 6.61 Å². The van der Waals surface area contributed by atoms with Gasteiger partial charge in [0, 0.05) is 24.8 Å². The van der Waals surface area contributed by atoms with Crippen LogP contribution in [0.1, 0.15) is 42.5 Å². The van der Waals surface area contributed by atoms with Crippen molar-refractivity contribution in [2.45, 2.75) is 44.4 Å². The van der Waals surface area contributed by atoms with Gasteiger partial charge in [-0.05, 0) is 66.6 Å². The standard InChI is InChI=1S/C25H29F4N3O/c1-17-13-21-20-6-3-2-5-18(20)14-22(21)24(32(17)16-25(27,28)29)19-7-10-31-23(15-19)33-12-11-30-9-4-8-26/h2-3,5-7,10,15,17,24,30H,4,8-9,11-14,16H2,1H3/t17-,24-/m1/s1. The highest BCUT2D eigenvalue weighted by Crippen LogP contribution is 2.49. The fourth-order valence-electron chi connectivity index (χ4n) is 4.89. The van der Waals surface area contributed by atoms with E-state index in [1.165, 1.54) is 5.56 Å². The molecule has 178 valence electrons. The Morgan fingerprint density at radius 3 is 2.79 bits per heavy atom. The summed E-state index contributed by atoms with van der Waals surface area (Å²) < 4.78 is 58.6. The van der Waals surface area contributed by atoms with Crippen LogP contribution in [0.5, 0.6) is 5.88 Å². The SMILES string of the molecule is C[C@@H]1CC2=C(Cc3ccccc32)[C@@H](c2ccnc(OCCNCCCF)c2)N1CC(F)(F)F. The normalized spacial score (nSPS) is 20.6. The lowest BCUT2D eigenvalue weighted by atomic mass is 9.85. The number of hydrogen-bond donors (Lipinski definition) is 1. The van der Waals surface area contributed by atoms with Gasteiger partial charge >= 0.3 is 6.18 Å². The van der Waals surface area contributed by atoms with Gasteiger partial charge in [-0.2, -0.15) is 13.2 Å². The van der Waals surface area contributed by atoms with Gasteiger partial charge in [0.15, 0.2) is 0 Å². The molecular weight excluding hydrogens is 434 g/mol. The summed E-state index contributed by atoms with van der Waals surface area (Å²) in [5, 5.41) is 3.08. The Morgan fingerprint density at radius 2 is 2.00 bits per heavy atom. The van der Waals surface area contributed by atoms with Crippen LogP contribution < -0.4 is 10.1 Å². The molecule has 4 rings (SSSR count). The van der Waals surface area contributed by atoms with Crippen molar-refractivity contribution >= 4 is 5.57 Å². The van der Waals surface area contributed by atoms with Crippen LogP contribution in [0.15, 0.2) is 48.2 Å². The number of nitrogens with zero attached hydrogens (tertiary/aromatic N) is 2. The summed E-state index contributed by atoms with van der Waals surface area (Å²) in [6.07, 6.45) is -1.02. The third-order valence-electron chi connectivity index (χ3n) is 6.29. The number of rotatable bonds is 9. The van der Waals surface area contributed by atoms with Crippen molar-refractivity contribution in [2.75, 3.05) is 32.9 Å². The molecule has 1 aliphatic heterocycles. The molecule has 2 atom stereocenters. The maximum absolute atomic E-state index is 13.6. The molecule has 1 aliphatic carbocycles. The zero-order valence-corrected chi connectivity index (χ0v) is 18.7. The van der Waals surface area contributed by atoms with Crippen LogP contribution in [0.4, 0.5) is 17.6 Å². The van der Waals surface area contributed by atoms with E-state index in [0.29, 0.717) is 44.8 Å². The minimum Gasteiger partial charge on any atom is -0.476 e. The van der Waals surface area contributed by atoms with Gasteiger partial charge in [-0.1, -0.05) is 24.3 Å². The average molecular weight is 464 g/mol. The zero-order valence-electron chi connectivity index (χ0n) is 18.7. The predicted octanol–water partition coefficient (Wildman–Crippen LogP) is 5.12. The largest absolute Gasteiger partial charge is 0.476 e. The molecule has 0 amide bonds. The van der Waals surface area contributed by atoms with Crippen molar-refractivity contribution in [3.8, 4) is 5.88 Å². The third-order valence-corrected chi connectivity index (χ3v) is 6.29. The van der Waals surface area contributed by atoms with E-state index < -0.39 is 18.8 Å². The summed E-state index contributed by atoms with van der Waals surface area (Å²) in [5.74, 6) is 0.377. The molecule has 2 heterocycles. The van der Waals surface area contributed by atoms with Crippen LogP contribution in [0.2, 0.25) is 0 Å². The van der Waals surface area contributed by atoms with Crippen LogP contribution in [0, 0.1) is 0 Å². The van der Waals surface area contributed by atoms with E-state index >= 15 is 0 Å². The smallest absolute Gasteiger partial charge is 0.401 e. The number of benzene rings is 1. The van der Waals surface area contributed by atoms with E-state index in [1.54, 1.807) is 23.2 Å². The molecule has 2 aliphatic rings. The number of alkyl halides is 4. The van der Waals surface area contributed by atoms with Crippen LogP contribution in [0.3, 0.4) is 0 Å². The predicted molar refractivity (Wildman–Crippen MR) is 120 cm³/mol. The first-order valence-electron chi connectivity index (χ1n) is 11.4. The van der Waals surface area contributed by atoms with Crippen molar-refractivity contribution < 1.29 is 22.3 Å². The summed E-state index contributed by atoms with van der Waals surface area (Å²) in [6, 6.07) is 10.9. The molecule has 0 fully saturated rings. The monoisotopic (exact) mass is 463 g/mol. The molecule has 0 unspecified atom stereocenters. The molecule has 1 aromatic carbocycles. The van der Waals surface area contributed by atoms with Gasteiger partial charge < -0.3 is 10.1 Å². The van der Waals surface area contributed by atoms with E-state index in [-0.39, 0.29) is 12.7 Å². The topological polar surface area (TPSA) is 37.4 Å². The van der Waals surface area contributed by atoms with Crippen molar-refractivity contribution in [2.24, 2.45) is 0 Å². The Bertz CT molecular complexity index is 992. The van der Waals surface area contributed by atoms with Crippen LogP contribution in [0.25, 0.3) is 5.57 Å². The lowest BCUT2D eigenvalue weighted by Gasteiger charge is -2.42. The molecule has 2 aromatic rings. The molecule has 33 heavy (non-hydrogen) atoms. The molecule has 8 heteroatoms. The maximum atomic E-state index is 13.6. The van der Waals surface area contributed by atoms with Crippen molar-refractivity contribution in [1.82, 2.24) is 15.2 Å². The maximum Gasteiger partial charge on any atom is 0.401 e. The summed E-state index contributed by atoms with van der Waals surface area (Å²) >= 11 is 0. The third kappa shape index (κ3) is 5.55. The molecule has 4 nitrogen and oxygen atoms in total. The second kappa shape index (κ2) is 10.2. The van der Waals surface area contributed by atoms with Gasteiger partial charge in [-0.15, -0.1) is 0 Å². The van der Waals surface area contributed by atoms with Gasteiger partial charge in [-0.25, -0.2) is 4.98 Å². The molecule has 0 bridgehead atoms. The van der Waals surface area contributed by atoms with Crippen molar-refractivity contribution in [1.29, 1.82) is 0 Å². The summed E-state index contributed by atoms with van der Waals surface area (Å²) in [5.41, 5.74) is 5.27. The molecule has 1 N–H and O–H groups in total. The highest BCUT2D eigenvalue weighted by Gasteiger charge is 2.43. The van der Waals surface area contributed by atoms with Crippen molar-refractivity contribution in [3.05, 3.63) is 64.9 Å². The van der Waals surface area contributed by atoms with E-state index in [1.807, 2.05) is 19.1 Å². The number of pyridine rings is 1. The van der Waals surface area contributed by atoms with Crippen LogP contribution in [-0.2, 0) is 6.42 Å². The number of nitrogens with one attached hydrogen (secondary N) is 1. The van der Waals surface area contributed by atoms with Gasteiger partial charge in [0.05, 0.1) is 19.3 Å². The minimum atomic E-state index is -4.30. The number of fused-ring (bicyclic) bond motifs is 2. The van der Waals surface area contributed by atoms with Gasteiger partial charge in [0.25, 0.3) is 0 Å². The summed E-state index contributed by atoms with van der Waals surface area (Å²) in [7, 11) is 0. The Hall–Kier alpha value is -2.45.